The zero-order valence-corrected chi connectivity index (χ0v) is 17.3. The molecule has 1 saturated carbocycles. The van der Waals surface area contributed by atoms with Crippen LogP contribution in [0.25, 0.3) is 0 Å². The monoisotopic (exact) mass is 388 g/mol. The molecule has 2 aliphatic rings. The number of carbonyl (C=O) groups is 1. The van der Waals surface area contributed by atoms with E-state index >= 15 is 0 Å². The number of allylic oxidation sites excluding steroid dienone is 2. The summed E-state index contributed by atoms with van der Waals surface area (Å²) in [5, 5.41) is 4.32. The lowest BCUT2D eigenvalue weighted by molar-refractivity contribution is 0.0954. The largest absolute Gasteiger partial charge is 0.489 e. The summed E-state index contributed by atoms with van der Waals surface area (Å²) in [6.45, 7) is 7.05. The minimum absolute atomic E-state index is 0.133. The van der Waals surface area contributed by atoms with Gasteiger partial charge in [0.05, 0.1) is 0 Å². The molecule has 2 aromatic rings. The van der Waals surface area contributed by atoms with Gasteiger partial charge in [-0.05, 0) is 59.6 Å². The predicted molar refractivity (Wildman–Crippen MR) is 116 cm³/mol. The van der Waals surface area contributed by atoms with Crippen molar-refractivity contribution in [2.24, 2.45) is 16.9 Å². The van der Waals surface area contributed by atoms with Crippen LogP contribution in [0.5, 0.6) is 5.75 Å². The van der Waals surface area contributed by atoms with Gasteiger partial charge in [0, 0.05) is 17.2 Å². The van der Waals surface area contributed by atoms with Crippen LogP contribution in [0.4, 0.5) is 0 Å². The molecule has 0 radical (unpaired) electrons. The number of benzene rings is 2. The Hall–Kier alpha value is -2.88. The molecule has 150 valence electrons. The van der Waals surface area contributed by atoms with Gasteiger partial charge in [0.2, 0.25) is 0 Å². The predicted octanol–water partition coefficient (Wildman–Crippen LogP) is 5.24. The maximum absolute atomic E-state index is 12.3. The average Bonchev–Trinajstić information content (AvgIpc) is 3.07. The van der Waals surface area contributed by atoms with Gasteiger partial charge < -0.3 is 4.74 Å². The summed E-state index contributed by atoms with van der Waals surface area (Å²) < 4.78 is 5.87. The summed E-state index contributed by atoms with van der Waals surface area (Å²) in [6.07, 6.45) is 6.48. The van der Waals surface area contributed by atoms with Crippen molar-refractivity contribution in [1.82, 2.24) is 5.43 Å². The van der Waals surface area contributed by atoms with Crippen molar-refractivity contribution < 1.29 is 9.53 Å². The van der Waals surface area contributed by atoms with Crippen LogP contribution in [-0.4, -0.2) is 11.6 Å². The summed E-state index contributed by atoms with van der Waals surface area (Å²) in [6, 6.07) is 15.7. The van der Waals surface area contributed by atoms with E-state index in [0.717, 1.165) is 29.9 Å². The summed E-state index contributed by atoms with van der Waals surface area (Å²) >= 11 is 0. The molecule has 2 aromatic carbocycles. The van der Waals surface area contributed by atoms with Crippen LogP contribution < -0.4 is 10.2 Å². The smallest absolute Gasteiger partial charge is 0.271 e. The van der Waals surface area contributed by atoms with E-state index in [-0.39, 0.29) is 11.3 Å². The Morgan fingerprint density at radius 2 is 1.83 bits per heavy atom. The second kappa shape index (κ2) is 7.86. The topological polar surface area (TPSA) is 50.7 Å². The number of nitrogens with one attached hydrogen (secondary N) is 1. The SMILES string of the molecule is CC(C)(C)c1ccc(OCc2ccc(C(=O)N/N=C3\CC4C=CCC34)cc2)cc1. The lowest BCUT2D eigenvalue weighted by atomic mass is 9.74. The van der Waals surface area contributed by atoms with E-state index in [9.17, 15) is 4.79 Å². The standard InChI is InChI=1S/C25H28N2O2/c1-25(2,3)20-11-13-21(14-12-20)29-16-17-7-9-18(10-8-17)24(28)27-26-23-15-19-5-4-6-22(19)23/h4-5,7-14,19,22H,6,15-16H2,1-3H3,(H,27,28)/b26-23+. The highest BCUT2D eigenvalue weighted by atomic mass is 16.5. The lowest BCUT2D eigenvalue weighted by Gasteiger charge is -2.31. The Balaban J connectivity index is 1.28. The number of hydrogen-bond acceptors (Lipinski definition) is 3. The maximum atomic E-state index is 12.3. The van der Waals surface area contributed by atoms with E-state index in [0.29, 0.717) is 24.0 Å². The average molecular weight is 389 g/mol. The molecule has 0 aromatic heterocycles. The minimum atomic E-state index is -0.169. The van der Waals surface area contributed by atoms with E-state index in [1.54, 1.807) is 0 Å². The van der Waals surface area contributed by atoms with Crippen molar-refractivity contribution >= 4 is 11.6 Å². The van der Waals surface area contributed by atoms with Gasteiger partial charge in [-0.3, -0.25) is 4.79 Å². The second-order valence-corrected chi connectivity index (χ2v) is 8.94. The van der Waals surface area contributed by atoms with Crippen molar-refractivity contribution in [2.45, 2.75) is 45.6 Å². The second-order valence-electron chi connectivity index (χ2n) is 8.94. The number of fused-ring (bicyclic) bond motifs is 1. The molecule has 0 heterocycles. The fourth-order valence-electron chi connectivity index (χ4n) is 3.82. The minimum Gasteiger partial charge on any atom is -0.489 e. The number of carbonyl (C=O) groups excluding carboxylic acids is 1. The summed E-state index contributed by atoms with van der Waals surface area (Å²) in [4.78, 5) is 12.3. The van der Waals surface area contributed by atoms with E-state index in [1.807, 2.05) is 36.4 Å². The fraction of sp³-hybridized carbons (Fsp3) is 0.360. The van der Waals surface area contributed by atoms with Gasteiger partial charge in [-0.15, -0.1) is 0 Å². The van der Waals surface area contributed by atoms with Crippen LogP contribution in [-0.2, 0) is 12.0 Å². The number of rotatable bonds is 5. The van der Waals surface area contributed by atoms with Crippen LogP contribution >= 0.6 is 0 Å². The normalized spacial score (nSPS) is 21.6. The Morgan fingerprint density at radius 3 is 2.48 bits per heavy atom. The Labute approximate surface area is 172 Å². The third kappa shape index (κ3) is 4.42. The molecule has 2 aliphatic carbocycles. The number of hydrazone groups is 1. The first-order valence-electron chi connectivity index (χ1n) is 10.3. The lowest BCUT2D eigenvalue weighted by Crippen LogP contribution is -2.35. The van der Waals surface area contributed by atoms with Crippen molar-refractivity contribution in [3.63, 3.8) is 0 Å². The summed E-state index contributed by atoms with van der Waals surface area (Å²) in [5.41, 5.74) is 6.85. The Kier molecular flexibility index (Phi) is 5.27. The van der Waals surface area contributed by atoms with Crippen LogP contribution in [0.15, 0.2) is 65.8 Å². The van der Waals surface area contributed by atoms with Gasteiger partial charge in [-0.2, -0.15) is 5.10 Å². The molecule has 0 aliphatic heterocycles. The van der Waals surface area contributed by atoms with Gasteiger partial charge >= 0.3 is 0 Å². The van der Waals surface area contributed by atoms with Crippen LogP contribution in [0.1, 0.15) is 55.1 Å². The van der Waals surface area contributed by atoms with Gasteiger partial charge in [0.25, 0.3) is 5.91 Å². The third-order valence-electron chi connectivity index (χ3n) is 5.81. The Morgan fingerprint density at radius 1 is 1.10 bits per heavy atom. The fourth-order valence-corrected chi connectivity index (χ4v) is 3.82. The highest BCUT2D eigenvalue weighted by Gasteiger charge is 2.38. The summed E-state index contributed by atoms with van der Waals surface area (Å²) in [5.74, 6) is 1.81. The molecule has 4 heteroatoms. The van der Waals surface area contributed by atoms with Crippen LogP contribution in [0, 0.1) is 11.8 Å². The number of ether oxygens (including phenoxy) is 1. The molecule has 1 N–H and O–H groups in total. The highest BCUT2D eigenvalue weighted by Crippen LogP contribution is 2.40. The number of nitrogens with zero attached hydrogens (tertiary/aromatic N) is 1. The number of amides is 1. The van der Waals surface area contributed by atoms with E-state index in [2.05, 4.69) is 55.6 Å². The molecule has 2 unspecified atom stereocenters. The maximum Gasteiger partial charge on any atom is 0.271 e. The summed E-state index contributed by atoms with van der Waals surface area (Å²) in [7, 11) is 0. The van der Waals surface area contributed by atoms with Crippen LogP contribution in [0.3, 0.4) is 0 Å². The Bertz CT molecular complexity index is 934. The highest BCUT2D eigenvalue weighted by molar-refractivity contribution is 5.98. The molecule has 0 saturated heterocycles. The van der Waals surface area contributed by atoms with E-state index in [1.165, 1.54) is 5.56 Å². The van der Waals surface area contributed by atoms with Crippen molar-refractivity contribution in [1.29, 1.82) is 0 Å². The molecule has 1 fully saturated rings. The quantitative estimate of drug-likeness (QED) is 0.562. The van der Waals surface area contributed by atoms with Gasteiger partial charge in [-0.1, -0.05) is 57.2 Å². The van der Waals surface area contributed by atoms with Crippen molar-refractivity contribution in [3.05, 3.63) is 77.4 Å². The first kappa shape index (κ1) is 19.4. The molecule has 0 bridgehead atoms. The zero-order chi connectivity index (χ0) is 20.4. The molecular weight excluding hydrogens is 360 g/mol. The molecule has 2 atom stereocenters. The first-order chi connectivity index (χ1) is 13.9. The molecule has 29 heavy (non-hydrogen) atoms. The van der Waals surface area contributed by atoms with E-state index < -0.39 is 0 Å². The van der Waals surface area contributed by atoms with Crippen molar-refractivity contribution in [3.8, 4) is 5.75 Å². The molecule has 0 spiro atoms. The molecule has 4 nitrogen and oxygen atoms in total. The number of hydrogen-bond donors (Lipinski definition) is 1. The van der Waals surface area contributed by atoms with Crippen molar-refractivity contribution in [2.75, 3.05) is 0 Å². The van der Waals surface area contributed by atoms with Gasteiger partial charge in [0.1, 0.15) is 12.4 Å². The van der Waals surface area contributed by atoms with Crippen LogP contribution in [0.2, 0.25) is 0 Å². The van der Waals surface area contributed by atoms with Gasteiger partial charge in [-0.25, -0.2) is 5.43 Å². The first-order valence-corrected chi connectivity index (χ1v) is 10.3. The molecule has 1 amide bonds. The molecule has 4 rings (SSSR count). The zero-order valence-electron chi connectivity index (χ0n) is 17.3. The third-order valence-corrected chi connectivity index (χ3v) is 5.81. The van der Waals surface area contributed by atoms with E-state index in [4.69, 9.17) is 4.74 Å². The van der Waals surface area contributed by atoms with Gasteiger partial charge in [0.15, 0.2) is 0 Å². The molecular formula is C25H28N2O2.